The number of esters is 1. The number of carbonyl (C=O) groups is 2. The van der Waals surface area contributed by atoms with Gasteiger partial charge in [-0.25, -0.2) is 0 Å². The fourth-order valence-corrected chi connectivity index (χ4v) is 6.23. The van der Waals surface area contributed by atoms with Crippen LogP contribution in [0.15, 0.2) is 12.2 Å². The van der Waals surface area contributed by atoms with Crippen LogP contribution in [-0.2, 0) is 14.3 Å². The number of carboxylic acids is 1. The largest absolute Gasteiger partial charge is 0.481 e. The quantitative estimate of drug-likeness (QED) is 0.0419. The average molecular weight is 635 g/mol. The Bertz CT molecular complexity index is 643. The van der Waals surface area contributed by atoms with Gasteiger partial charge < -0.3 is 9.84 Å². The average Bonchev–Trinajstić information content (AvgIpc) is 3.03. The van der Waals surface area contributed by atoms with E-state index >= 15 is 0 Å². The van der Waals surface area contributed by atoms with E-state index in [1.165, 1.54) is 167 Å². The first kappa shape index (κ1) is 43.7. The Morgan fingerprint density at radius 1 is 0.467 bits per heavy atom. The normalized spacial score (nSPS) is 12.2. The van der Waals surface area contributed by atoms with Crippen molar-refractivity contribution < 1.29 is 19.4 Å². The number of carboxylic acid groups (broad SMARTS) is 1. The lowest BCUT2D eigenvalue weighted by molar-refractivity contribution is -0.151. The van der Waals surface area contributed by atoms with Crippen molar-refractivity contribution in [3.8, 4) is 0 Å². The van der Waals surface area contributed by atoms with E-state index < -0.39 is 5.97 Å². The number of ether oxygens (including phenoxy) is 1. The highest BCUT2D eigenvalue weighted by atomic mass is 16.5. The number of aliphatic carboxylic acids is 1. The van der Waals surface area contributed by atoms with Crippen molar-refractivity contribution in [2.24, 2.45) is 0 Å². The van der Waals surface area contributed by atoms with Crippen LogP contribution in [0.2, 0.25) is 0 Å². The molecular weight excluding hydrogens is 556 g/mol. The van der Waals surface area contributed by atoms with Gasteiger partial charge in [0.05, 0.1) is 0 Å². The number of rotatable bonds is 37. The van der Waals surface area contributed by atoms with Crippen LogP contribution in [0.25, 0.3) is 0 Å². The molecule has 4 heteroatoms. The number of carbonyl (C=O) groups excluding carboxylic acids is 1. The molecule has 0 rings (SSSR count). The monoisotopic (exact) mass is 635 g/mol. The lowest BCUT2D eigenvalue weighted by atomic mass is 10.0. The van der Waals surface area contributed by atoms with Gasteiger partial charge in [0.25, 0.3) is 0 Å². The number of unbranched alkanes of at least 4 members (excludes halogenated alkanes) is 27. The zero-order chi connectivity index (χ0) is 32.9. The Morgan fingerprint density at radius 2 is 0.822 bits per heavy atom. The third-order valence-electron chi connectivity index (χ3n) is 9.25. The minimum absolute atomic E-state index is 0.0744. The van der Waals surface area contributed by atoms with Crippen LogP contribution in [-0.4, -0.2) is 23.1 Å². The predicted molar refractivity (Wildman–Crippen MR) is 195 cm³/mol. The highest BCUT2D eigenvalue weighted by molar-refractivity contribution is 5.69. The molecular formula is C41H78O4. The summed E-state index contributed by atoms with van der Waals surface area (Å²) in [4.78, 5) is 23.5. The molecule has 0 aromatic carbocycles. The molecule has 1 unspecified atom stereocenters. The third-order valence-corrected chi connectivity index (χ3v) is 9.25. The van der Waals surface area contributed by atoms with E-state index in [1.807, 2.05) is 0 Å². The molecule has 0 radical (unpaired) electrons. The minimum Gasteiger partial charge on any atom is -0.481 e. The van der Waals surface area contributed by atoms with Gasteiger partial charge in [-0.3, -0.25) is 9.59 Å². The van der Waals surface area contributed by atoms with Crippen LogP contribution >= 0.6 is 0 Å². The smallest absolute Gasteiger partial charge is 0.306 e. The molecule has 0 aromatic rings. The van der Waals surface area contributed by atoms with Gasteiger partial charge in [0.1, 0.15) is 6.10 Å². The van der Waals surface area contributed by atoms with Crippen molar-refractivity contribution in [3.05, 3.63) is 12.2 Å². The SMILES string of the molecule is CCCCCC/C=C\CCCCCCCCC(=O)OC(CCCCCCCCCCCCCCCCCCCC)CCC(=O)O. The van der Waals surface area contributed by atoms with Crippen LogP contribution in [0.1, 0.15) is 232 Å². The van der Waals surface area contributed by atoms with E-state index in [0.29, 0.717) is 12.8 Å². The standard InChI is InChI=1S/C41H78O4/c1-3-5-7-9-11-13-15-17-19-20-21-22-23-25-27-29-31-33-35-39(37-38-40(42)43)45-41(44)36-34-32-30-28-26-24-18-16-14-12-10-8-6-4-2/h14,16,39H,3-13,15,17-38H2,1-2H3,(H,42,43)/b16-14-. The fourth-order valence-electron chi connectivity index (χ4n) is 6.23. The van der Waals surface area contributed by atoms with Crippen molar-refractivity contribution in [3.63, 3.8) is 0 Å². The summed E-state index contributed by atoms with van der Waals surface area (Å²) in [5.74, 6) is -0.951. The zero-order valence-electron chi connectivity index (χ0n) is 30.4. The van der Waals surface area contributed by atoms with Crippen LogP contribution < -0.4 is 0 Å². The van der Waals surface area contributed by atoms with Crippen molar-refractivity contribution in [2.45, 2.75) is 238 Å². The van der Waals surface area contributed by atoms with E-state index in [9.17, 15) is 9.59 Å². The van der Waals surface area contributed by atoms with E-state index in [1.54, 1.807) is 0 Å². The van der Waals surface area contributed by atoms with E-state index in [4.69, 9.17) is 9.84 Å². The third kappa shape index (κ3) is 37.0. The summed E-state index contributed by atoms with van der Waals surface area (Å²) < 4.78 is 5.74. The number of allylic oxidation sites excluding steroid dienone is 2. The van der Waals surface area contributed by atoms with Gasteiger partial charge in [-0.2, -0.15) is 0 Å². The summed E-state index contributed by atoms with van der Waals surface area (Å²) in [6.45, 7) is 4.54. The molecule has 0 heterocycles. The molecule has 0 fully saturated rings. The molecule has 266 valence electrons. The summed E-state index contributed by atoms with van der Waals surface area (Å²) in [6, 6.07) is 0. The van der Waals surface area contributed by atoms with Crippen molar-refractivity contribution >= 4 is 11.9 Å². The minimum atomic E-state index is -0.809. The molecule has 0 saturated heterocycles. The topological polar surface area (TPSA) is 63.6 Å². The molecule has 45 heavy (non-hydrogen) atoms. The molecule has 0 bridgehead atoms. The fraction of sp³-hybridized carbons (Fsp3) is 0.902. The Kier molecular flexibility index (Phi) is 36.1. The van der Waals surface area contributed by atoms with Crippen molar-refractivity contribution in [1.82, 2.24) is 0 Å². The first-order valence-electron chi connectivity index (χ1n) is 20.2. The van der Waals surface area contributed by atoms with Crippen LogP contribution in [0.4, 0.5) is 0 Å². The summed E-state index contributed by atoms with van der Waals surface area (Å²) in [6.07, 6.45) is 45.2. The molecule has 0 aromatic heterocycles. The molecule has 4 nitrogen and oxygen atoms in total. The maximum atomic E-state index is 12.4. The second kappa shape index (κ2) is 37.1. The molecule has 0 amide bonds. The van der Waals surface area contributed by atoms with Crippen LogP contribution in [0.5, 0.6) is 0 Å². The molecule has 0 spiro atoms. The highest BCUT2D eigenvalue weighted by Gasteiger charge is 2.16. The van der Waals surface area contributed by atoms with Gasteiger partial charge in [-0.05, 0) is 51.4 Å². The van der Waals surface area contributed by atoms with Gasteiger partial charge in [-0.1, -0.05) is 180 Å². The Balaban J connectivity index is 3.69. The second-order valence-corrected chi connectivity index (χ2v) is 13.8. The Labute approximate surface area is 281 Å². The molecule has 0 aliphatic carbocycles. The Morgan fingerprint density at radius 3 is 1.24 bits per heavy atom. The second-order valence-electron chi connectivity index (χ2n) is 13.8. The van der Waals surface area contributed by atoms with E-state index in [0.717, 1.165) is 32.1 Å². The summed E-state index contributed by atoms with van der Waals surface area (Å²) in [5, 5.41) is 9.12. The van der Waals surface area contributed by atoms with Crippen molar-refractivity contribution in [1.29, 1.82) is 0 Å². The summed E-state index contributed by atoms with van der Waals surface area (Å²) in [5.41, 5.74) is 0. The lowest BCUT2D eigenvalue weighted by Gasteiger charge is -2.17. The van der Waals surface area contributed by atoms with Crippen molar-refractivity contribution in [2.75, 3.05) is 0 Å². The van der Waals surface area contributed by atoms with Crippen LogP contribution in [0, 0.1) is 0 Å². The predicted octanol–water partition coefficient (Wildman–Crippen LogP) is 13.8. The maximum Gasteiger partial charge on any atom is 0.306 e. The molecule has 0 aliphatic heterocycles. The molecule has 0 aliphatic rings. The molecule has 1 atom stereocenters. The number of hydrogen-bond donors (Lipinski definition) is 1. The first-order valence-corrected chi connectivity index (χ1v) is 20.2. The van der Waals surface area contributed by atoms with Gasteiger partial charge in [-0.15, -0.1) is 0 Å². The maximum absolute atomic E-state index is 12.4. The Hall–Kier alpha value is -1.32. The van der Waals surface area contributed by atoms with E-state index in [-0.39, 0.29) is 18.5 Å². The number of hydrogen-bond acceptors (Lipinski definition) is 3. The van der Waals surface area contributed by atoms with Gasteiger partial charge in [0.2, 0.25) is 0 Å². The summed E-state index contributed by atoms with van der Waals surface area (Å²) >= 11 is 0. The zero-order valence-corrected chi connectivity index (χ0v) is 30.4. The molecule has 1 N–H and O–H groups in total. The van der Waals surface area contributed by atoms with Gasteiger partial charge >= 0.3 is 11.9 Å². The highest BCUT2D eigenvalue weighted by Crippen LogP contribution is 2.18. The first-order chi connectivity index (χ1) is 22.1. The van der Waals surface area contributed by atoms with Gasteiger partial charge in [0.15, 0.2) is 0 Å². The molecule has 0 saturated carbocycles. The van der Waals surface area contributed by atoms with Gasteiger partial charge in [0, 0.05) is 12.8 Å². The van der Waals surface area contributed by atoms with Crippen LogP contribution in [0.3, 0.4) is 0 Å². The van der Waals surface area contributed by atoms with E-state index in [2.05, 4.69) is 26.0 Å². The summed E-state index contributed by atoms with van der Waals surface area (Å²) in [7, 11) is 0. The lowest BCUT2D eigenvalue weighted by Crippen LogP contribution is -2.19.